The monoisotopic (exact) mass is 259 g/mol. The fourth-order valence-electron chi connectivity index (χ4n) is 2.15. The maximum absolute atomic E-state index is 5.67. The van der Waals surface area contributed by atoms with Gasteiger partial charge in [-0.25, -0.2) is 4.68 Å². The zero-order valence-corrected chi connectivity index (χ0v) is 10.6. The number of anilines is 1. The molecule has 100 valence electrons. The second-order valence-electron chi connectivity index (χ2n) is 4.68. The van der Waals surface area contributed by atoms with Crippen molar-refractivity contribution in [1.82, 2.24) is 20.3 Å². The first-order valence-corrected chi connectivity index (χ1v) is 6.39. The zero-order valence-electron chi connectivity index (χ0n) is 10.6. The molecule has 19 heavy (non-hydrogen) atoms. The number of aromatic nitrogens is 3. The largest absolute Gasteiger partial charge is 0.399 e. The van der Waals surface area contributed by atoms with Crippen LogP contribution in [0.25, 0.3) is 5.69 Å². The highest BCUT2D eigenvalue weighted by atomic mass is 16.5. The van der Waals surface area contributed by atoms with Gasteiger partial charge in [0.15, 0.2) is 0 Å². The van der Waals surface area contributed by atoms with Gasteiger partial charge in [0, 0.05) is 24.7 Å². The molecule has 1 saturated heterocycles. The lowest BCUT2D eigenvalue weighted by Gasteiger charge is -2.22. The number of morpholine rings is 1. The van der Waals surface area contributed by atoms with Crippen LogP contribution in [0.15, 0.2) is 30.5 Å². The molecule has 1 aromatic heterocycles. The summed E-state index contributed by atoms with van der Waals surface area (Å²) in [6.45, 7) is 2.42. The highest BCUT2D eigenvalue weighted by molar-refractivity contribution is 5.44. The first-order valence-electron chi connectivity index (χ1n) is 6.39. The molecule has 6 nitrogen and oxygen atoms in total. The summed E-state index contributed by atoms with van der Waals surface area (Å²) in [5, 5.41) is 11.7. The van der Waals surface area contributed by atoms with E-state index in [9.17, 15) is 0 Å². The molecular formula is C13H17N5O. The van der Waals surface area contributed by atoms with Crippen LogP contribution in [0.5, 0.6) is 0 Å². The summed E-state index contributed by atoms with van der Waals surface area (Å²) in [6, 6.07) is 7.89. The van der Waals surface area contributed by atoms with Crippen LogP contribution >= 0.6 is 0 Å². The first kappa shape index (κ1) is 12.1. The molecule has 0 saturated carbocycles. The fourth-order valence-corrected chi connectivity index (χ4v) is 2.15. The lowest BCUT2D eigenvalue weighted by atomic mass is 10.1. The van der Waals surface area contributed by atoms with Crippen LogP contribution in [0, 0.1) is 0 Å². The molecule has 1 atom stereocenters. The zero-order chi connectivity index (χ0) is 13.1. The van der Waals surface area contributed by atoms with Crippen LogP contribution in [0.3, 0.4) is 0 Å². The van der Waals surface area contributed by atoms with Crippen molar-refractivity contribution in [3.8, 4) is 5.69 Å². The summed E-state index contributed by atoms with van der Waals surface area (Å²) < 4.78 is 7.19. The number of nitrogens with zero attached hydrogens (tertiary/aromatic N) is 3. The third kappa shape index (κ3) is 2.91. The van der Waals surface area contributed by atoms with Crippen LogP contribution < -0.4 is 11.1 Å². The lowest BCUT2D eigenvalue weighted by Crippen LogP contribution is -2.42. The summed E-state index contributed by atoms with van der Waals surface area (Å²) >= 11 is 0. The van der Waals surface area contributed by atoms with Gasteiger partial charge in [0.25, 0.3) is 0 Å². The van der Waals surface area contributed by atoms with E-state index in [1.807, 2.05) is 30.5 Å². The van der Waals surface area contributed by atoms with Crippen molar-refractivity contribution in [2.75, 3.05) is 25.5 Å². The molecule has 0 bridgehead atoms. The highest BCUT2D eigenvalue weighted by Gasteiger charge is 2.15. The van der Waals surface area contributed by atoms with E-state index in [4.69, 9.17) is 10.5 Å². The van der Waals surface area contributed by atoms with Crippen molar-refractivity contribution < 1.29 is 4.74 Å². The van der Waals surface area contributed by atoms with E-state index >= 15 is 0 Å². The van der Waals surface area contributed by atoms with Gasteiger partial charge in [0.2, 0.25) is 0 Å². The van der Waals surface area contributed by atoms with Gasteiger partial charge in [0.05, 0.1) is 30.8 Å². The summed E-state index contributed by atoms with van der Waals surface area (Å²) in [5.74, 6) is 0. The van der Waals surface area contributed by atoms with E-state index in [2.05, 4.69) is 15.6 Å². The van der Waals surface area contributed by atoms with Gasteiger partial charge in [0.1, 0.15) is 0 Å². The smallest absolute Gasteiger partial charge is 0.0848 e. The number of nitrogens with one attached hydrogen (secondary N) is 1. The molecule has 6 heteroatoms. The minimum atomic E-state index is 0.324. The van der Waals surface area contributed by atoms with Crippen molar-refractivity contribution in [1.29, 1.82) is 0 Å². The number of hydrogen-bond donors (Lipinski definition) is 2. The van der Waals surface area contributed by atoms with Crippen LogP contribution in [0.2, 0.25) is 0 Å². The normalized spacial score (nSPS) is 19.5. The Balaban J connectivity index is 1.70. The number of benzene rings is 1. The second kappa shape index (κ2) is 5.38. The molecule has 1 unspecified atom stereocenters. The predicted molar refractivity (Wildman–Crippen MR) is 72.1 cm³/mol. The maximum Gasteiger partial charge on any atom is 0.0848 e. The number of hydrogen-bond acceptors (Lipinski definition) is 5. The lowest BCUT2D eigenvalue weighted by molar-refractivity contribution is 0.0767. The van der Waals surface area contributed by atoms with Crippen molar-refractivity contribution >= 4 is 5.69 Å². The van der Waals surface area contributed by atoms with E-state index < -0.39 is 0 Å². The topological polar surface area (TPSA) is 78.0 Å². The Bertz CT molecular complexity index is 530. The van der Waals surface area contributed by atoms with E-state index in [0.29, 0.717) is 6.04 Å². The Morgan fingerprint density at radius 1 is 1.37 bits per heavy atom. The minimum absolute atomic E-state index is 0.324. The van der Waals surface area contributed by atoms with Gasteiger partial charge in [-0.05, 0) is 24.3 Å². The Kier molecular flexibility index (Phi) is 3.43. The average Bonchev–Trinajstić information content (AvgIpc) is 2.89. The van der Waals surface area contributed by atoms with Gasteiger partial charge in [-0.15, -0.1) is 5.10 Å². The second-order valence-corrected chi connectivity index (χ2v) is 4.68. The van der Waals surface area contributed by atoms with Gasteiger partial charge >= 0.3 is 0 Å². The number of ether oxygens (including phenoxy) is 1. The number of rotatable bonds is 3. The summed E-state index contributed by atoms with van der Waals surface area (Å²) in [6.07, 6.45) is 2.77. The predicted octanol–water partition coefficient (Wildman–Crippen LogP) is 0.380. The maximum atomic E-state index is 5.67. The van der Waals surface area contributed by atoms with Gasteiger partial charge in [-0.2, -0.15) is 0 Å². The quantitative estimate of drug-likeness (QED) is 0.779. The average molecular weight is 259 g/mol. The molecule has 3 N–H and O–H groups in total. The van der Waals surface area contributed by atoms with Gasteiger partial charge in [-0.3, -0.25) is 0 Å². The molecule has 2 aromatic rings. The molecule has 2 heterocycles. The fraction of sp³-hybridized carbons (Fsp3) is 0.385. The Morgan fingerprint density at radius 3 is 2.95 bits per heavy atom. The van der Waals surface area contributed by atoms with Crippen LogP contribution in [-0.2, 0) is 11.2 Å². The van der Waals surface area contributed by atoms with Gasteiger partial charge < -0.3 is 15.8 Å². The summed E-state index contributed by atoms with van der Waals surface area (Å²) in [4.78, 5) is 0. The molecule has 1 aliphatic heterocycles. The molecule has 0 radical (unpaired) electrons. The van der Waals surface area contributed by atoms with Crippen molar-refractivity contribution in [2.24, 2.45) is 0 Å². The standard InChI is InChI=1S/C13H17N5O/c14-10-1-3-13(4-2-10)18-8-11(16-17-18)7-12-9-19-6-5-15-12/h1-4,8,12,15H,5-7,9,14H2. The molecule has 0 aliphatic carbocycles. The Hall–Kier alpha value is -1.92. The van der Waals surface area contributed by atoms with E-state index in [-0.39, 0.29) is 0 Å². The number of nitrogens with two attached hydrogens (primary N) is 1. The van der Waals surface area contributed by atoms with Crippen molar-refractivity contribution in [3.63, 3.8) is 0 Å². The number of nitrogen functional groups attached to an aromatic ring is 1. The highest BCUT2D eigenvalue weighted by Crippen LogP contribution is 2.11. The SMILES string of the molecule is Nc1ccc(-n2cc(CC3COCCN3)nn2)cc1. The molecule has 0 amide bonds. The van der Waals surface area contributed by atoms with E-state index in [1.54, 1.807) is 4.68 Å². The minimum Gasteiger partial charge on any atom is -0.399 e. The third-order valence-corrected chi connectivity index (χ3v) is 3.15. The molecule has 1 aliphatic rings. The first-order chi connectivity index (χ1) is 9.31. The van der Waals surface area contributed by atoms with Gasteiger partial charge in [-0.1, -0.05) is 5.21 Å². The summed E-state index contributed by atoms with van der Waals surface area (Å²) in [7, 11) is 0. The molecule has 1 aromatic carbocycles. The molecular weight excluding hydrogens is 242 g/mol. The van der Waals surface area contributed by atoms with E-state index in [1.165, 1.54) is 0 Å². The molecule has 1 fully saturated rings. The summed E-state index contributed by atoms with van der Waals surface area (Å²) in [5.41, 5.74) is 8.33. The van der Waals surface area contributed by atoms with E-state index in [0.717, 1.165) is 43.2 Å². The van der Waals surface area contributed by atoms with Crippen LogP contribution in [-0.4, -0.2) is 40.8 Å². The van der Waals surface area contributed by atoms with Crippen molar-refractivity contribution in [3.05, 3.63) is 36.2 Å². The Morgan fingerprint density at radius 2 is 2.21 bits per heavy atom. The van der Waals surface area contributed by atoms with Crippen LogP contribution in [0.4, 0.5) is 5.69 Å². The van der Waals surface area contributed by atoms with Crippen LogP contribution in [0.1, 0.15) is 5.69 Å². The molecule has 3 rings (SSSR count). The third-order valence-electron chi connectivity index (χ3n) is 3.15. The molecule has 0 spiro atoms. The van der Waals surface area contributed by atoms with Crippen molar-refractivity contribution in [2.45, 2.75) is 12.5 Å². The Labute approximate surface area is 111 Å².